The van der Waals surface area contributed by atoms with Crippen LogP contribution in [-0.2, 0) is 17.8 Å². The van der Waals surface area contributed by atoms with Gasteiger partial charge in [0, 0.05) is 19.3 Å². The summed E-state index contributed by atoms with van der Waals surface area (Å²) in [6.07, 6.45) is 2.77. The van der Waals surface area contributed by atoms with Crippen LogP contribution >= 0.6 is 0 Å². The molecule has 7 heteroatoms. The van der Waals surface area contributed by atoms with Gasteiger partial charge in [0.1, 0.15) is 18.3 Å². The van der Waals surface area contributed by atoms with Gasteiger partial charge in [-0.2, -0.15) is 0 Å². The highest BCUT2D eigenvalue weighted by Crippen LogP contribution is 2.35. The van der Waals surface area contributed by atoms with Crippen LogP contribution in [0.4, 0.5) is 5.69 Å². The van der Waals surface area contributed by atoms with E-state index in [-0.39, 0.29) is 18.3 Å². The minimum Gasteiger partial charge on any atom is -0.490 e. The normalized spacial score (nSPS) is 19.6. The van der Waals surface area contributed by atoms with Gasteiger partial charge in [0.25, 0.3) is 5.91 Å². The van der Waals surface area contributed by atoms with Crippen LogP contribution in [0.2, 0.25) is 0 Å². The minimum atomic E-state index is -0.562. The van der Waals surface area contributed by atoms with Gasteiger partial charge in [0.2, 0.25) is 5.91 Å². The highest BCUT2D eigenvalue weighted by Gasteiger charge is 2.36. The molecule has 130 valence electrons. The Labute approximate surface area is 145 Å². The lowest BCUT2D eigenvalue weighted by Crippen LogP contribution is -2.33. The number of hydrogen-bond donors (Lipinski definition) is 1. The first-order valence-corrected chi connectivity index (χ1v) is 8.46. The number of hydrogen-bond acceptors (Lipinski definition) is 4. The number of ether oxygens (including phenoxy) is 1. The van der Waals surface area contributed by atoms with Gasteiger partial charge in [-0.15, -0.1) is 0 Å². The van der Waals surface area contributed by atoms with Crippen molar-refractivity contribution >= 4 is 17.5 Å². The third-order valence-electron chi connectivity index (χ3n) is 4.96. The maximum Gasteiger partial charge on any atom is 0.284 e. The SMILES string of the molecule is CN1C(=O)[C@@H](c2nc(C(N)=O)n3c2CCCC3)COc2ccccc21. The minimum absolute atomic E-state index is 0.0903. The summed E-state index contributed by atoms with van der Waals surface area (Å²) in [5, 5.41) is 0. The summed E-state index contributed by atoms with van der Waals surface area (Å²) in [4.78, 5) is 30.9. The number of primary amides is 1. The fourth-order valence-corrected chi connectivity index (χ4v) is 3.69. The van der Waals surface area contributed by atoms with Crippen molar-refractivity contribution in [2.24, 2.45) is 5.73 Å². The van der Waals surface area contributed by atoms with Crippen molar-refractivity contribution in [3.63, 3.8) is 0 Å². The van der Waals surface area contributed by atoms with Crippen LogP contribution in [0.1, 0.15) is 40.8 Å². The van der Waals surface area contributed by atoms with Gasteiger partial charge in [-0.25, -0.2) is 4.98 Å². The molecule has 1 atom stereocenters. The molecular weight excluding hydrogens is 320 g/mol. The summed E-state index contributed by atoms with van der Waals surface area (Å²) in [5.41, 5.74) is 7.78. The Kier molecular flexibility index (Phi) is 3.71. The molecule has 7 nitrogen and oxygen atoms in total. The number of amides is 2. The Hall–Kier alpha value is -2.83. The Morgan fingerprint density at radius 3 is 2.92 bits per heavy atom. The van der Waals surface area contributed by atoms with E-state index in [2.05, 4.69) is 4.98 Å². The molecule has 2 aliphatic rings. The first-order chi connectivity index (χ1) is 12.1. The third-order valence-corrected chi connectivity index (χ3v) is 4.96. The van der Waals surface area contributed by atoms with E-state index in [1.54, 1.807) is 11.9 Å². The molecule has 0 unspecified atom stereocenters. The molecule has 2 N–H and O–H groups in total. The van der Waals surface area contributed by atoms with Crippen LogP contribution in [-0.4, -0.2) is 35.0 Å². The summed E-state index contributed by atoms with van der Waals surface area (Å²) < 4.78 is 7.76. The topological polar surface area (TPSA) is 90.5 Å². The maximum atomic E-state index is 13.1. The zero-order valence-electron chi connectivity index (χ0n) is 14.1. The number of benzene rings is 1. The van der Waals surface area contributed by atoms with Crippen molar-refractivity contribution in [1.82, 2.24) is 9.55 Å². The largest absolute Gasteiger partial charge is 0.490 e. The molecule has 1 aromatic heterocycles. The number of carbonyl (C=O) groups is 2. The summed E-state index contributed by atoms with van der Waals surface area (Å²) >= 11 is 0. The Morgan fingerprint density at radius 2 is 2.12 bits per heavy atom. The lowest BCUT2D eigenvalue weighted by molar-refractivity contribution is -0.120. The molecule has 1 aromatic carbocycles. The highest BCUT2D eigenvalue weighted by molar-refractivity contribution is 6.00. The lowest BCUT2D eigenvalue weighted by atomic mass is 9.99. The zero-order chi connectivity index (χ0) is 17.6. The molecule has 0 spiro atoms. The Balaban J connectivity index is 1.78. The maximum absolute atomic E-state index is 13.1. The molecule has 0 saturated carbocycles. The van der Waals surface area contributed by atoms with E-state index in [1.807, 2.05) is 28.8 Å². The molecule has 2 aromatic rings. The second-order valence-corrected chi connectivity index (χ2v) is 6.47. The molecule has 2 amide bonds. The van der Waals surface area contributed by atoms with Crippen molar-refractivity contribution < 1.29 is 14.3 Å². The van der Waals surface area contributed by atoms with E-state index in [0.29, 0.717) is 18.0 Å². The van der Waals surface area contributed by atoms with Crippen molar-refractivity contribution in [1.29, 1.82) is 0 Å². The number of carbonyl (C=O) groups excluding carboxylic acids is 2. The van der Waals surface area contributed by atoms with Crippen molar-refractivity contribution in [2.75, 3.05) is 18.6 Å². The number of fused-ring (bicyclic) bond motifs is 2. The first-order valence-electron chi connectivity index (χ1n) is 8.46. The molecule has 25 heavy (non-hydrogen) atoms. The van der Waals surface area contributed by atoms with Gasteiger partial charge in [0.15, 0.2) is 5.82 Å². The average molecular weight is 340 g/mol. The van der Waals surface area contributed by atoms with Crippen LogP contribution in [0.3, 0.4) is 0 Å². The fraction of sp³-hybridized carbons (Fsp3) is 0.389. The zero-order valence-corrected chi connectivity index (χ0v) is 14.1. The van der Waals surface area contributed by atoms with E-state index in [4.69, 9.17) is 10.5 Å². The molecule has 0 fully saturated rings. The molecule has 2 aliphatic heterocycles. The number of nitrogens with zero attached hydrogens (tertiary/aromatic N) is 3. The number of imidazole rings is 1. The number of likely N-dealkylation sites (N-methyl/N-ethyl adjacent to an activating group) is 1. The number of aromatic nitrogens is 2. The Bertz CT molecular complexity index is 858. The molecule has 0 aliphatic carbocycles. The summed E-state index contributed by atoms with van der Waals surface area (Å²) in [5.74, 6) is -0.295. The molecule has 0 saturated heterocycles. The van der Waals surface area contributed by atoms with Crippen molar-refractivity contribution in [3.05, 3.63) is 41.5 Å². The predicted molar refractivity (Wildman–Crippen MR) is 91.8 cm³/mol. The number of rotatable bonds is 2. The predicted octanol–water partition coefficient (Wildman–Crippen LogP) is 1.46. The van der Waals surface area contributed by atoms with E-state index < -0.39 is 11.8 Å². The number of nitrogens with two attached hydrogens (primary N) is 1. The fourth-order valence-electron chi connectivity index (χ4n) is 3.69. The molecule has 4 rings (SSSR count). The van der Waals surface area contributed by atoms with E-state index in [1.165, 1.54) is 0 Å². The van der Waals surface area contributed by atoms with Gasteiger partial charge < -0.3 is 19.9 Å². The molecule has 0 radical (unpaired) electrons. The molecule has 3 heterocycles. The lowest BCUT2D eigenvalue weighted by Gasteiger charge is -2.21. The van der Waals surface area contributed by atoms with Gasteiger partial charge in [-0.1, -0.05) is 12.1 Å². The Morgan fingerprint density at radius 1 is 1.32 bits per heavy atom. The first kappa shape index (κ1) is 15.7. The van der Waals surface area contributed by atoms with E-state index in [9.17, 15) is 9.59 Å². The van der Waals surface area contributed by atoms with Crippen LogP contribution in [0.15, 0.2) is 24.3 Å². The summed E-state index contributed by atoms with van der Waals surface area (Å²) in [6, 6.07) is 7.45. The quantitative estimate of drug-likeness (QED) is 0.896. The van der Waals surface area contributed by atoms with Crippen LogP contribution < -0.4 is 15.4 Å². The second-order valence-electron chi connectivity index (χ2n) is 6.47. The monoisotopic (exact) mass is 340 g/mol. The molecular formula is C18H20N4O3. The highest BCUT2D eigenvalue weighted by atomic mass is 16.5. The number of anilines is 1. The van der Waals surface area contributed by atoms with Crippen molar-refractivity contribution in [2.45, 2.75) is 31.7 Å². The van der Waals surface area contributed by atoms with Crippen LogP contribution in [0.25, 0.3) is 0 Å². The standard InChI is InChI=1S/C18H20N4O3/c1-21-12-6-2-3-8-14(12)25-10-11(18(21)24)15-13-7-4-5-9-22(13)17(20-15)16(19)23/h2-3,6,8,11H,4-5,7,9-10H2,1H3,(H2,19,23)/t11-/m1/s1. The van der Waals surface area contributed by atoms with E-state index in [0.717, 1.165) is 30.6 Å². The summed E-state index contributed by atoms with van der Waals surface area (Å²) in [6.45, 7) is 0.904. The third kappa shape index (κ3) is 2.47. The smallest absolute Gasteiger partial charge is 0.284 e. The van der Waals surface area contributed by atoms with Gasteiger partial charge >= 0.3 is 0 Å². The second kappa shape index (κ2) is 5.91. The van der Waals surface area contributed by atoms with Gasteiger partial charge in [0.05, 0.1) is 11.4 Å². The van der Waals surface area contributed by atoms with E-state index >= 15 is 0 Å². The van der Waals surface area contributed by atoms with Gasteiger partial charge in [-0.05, 0) is 31.4 Å². The number of para-hydroxylation sites is 2. The van der Waals surface area contributed by atoms with Crippen LogP contribution in [0, 0.1) is 0 Å². The summed E-state index contributed by atoms with van der Waals surface area (Å²) in [7, 11) is 1.74. The average Bonchev–Trinajstić information content (AvgIpc) is 2.96. The van der Waals surface area contributed by atoms with Crippen LogP contribution in [0.5, 0.6) is 5.75 Å². The molecule has 0 bridgehead atoms. The van der Waals surface area contributed by atoms with Gasteiger partial charge in [-0.3, -0.25) is 9.59 Å². The van der Waals surface area contributed by atoms with Crippen molar-refractivity contribution in [3.8, 4) is 5.75 Å².